The highest BCUT2D eigenvalue weighted by atomic mass is 79.9. The fourth-order valence-corrected chi connectivity index (χ4v) is 13.3. The molecule has 0 atom stereocenters. The first kappa shape index (κ1) is 47.6. The van der Waals surface area contributed by atoms with E-state index in [0.717, 1.165) is 20.7 Å². The lowest BCUT2D eigenvalue weighted by Gasteiger charge is -2.33. The molecule has 12 rings (SSSR count). The van der Waals surface area contributed by atoms with Crippen LogP contribution in [0.25, 0.3) is 22.3 Å². The monoisotopic (exact) mass is 1200 g/mol. The van der Waals surface area contributed by atoms with E-state index in [1.54, 1.807) is 33.4 Å². The van der Waals surface area contributed by atoms with Gasteiger partial charge >= 0.3 is 0 Å². The third-order valence-corrected chi connectivity index (χ3v) is 17.9. The van der Waals surface area contributed by atoms with E-state index in [2.05, 4.69) is 207 Å². The normalized spacial score (nSPS) is 14.5. The Morgan fingerprint density at radius 1 is 0.328 bits per heavy atom. The van der Waals surface area contributed by atoms with Crippen molar-refractivity contribution in [3.05, 3.63) is 218 Å². The van der Waals surface area contributed by atoms with Crippen LogP contribution in [0.15, 0.2) is 145 Å². The summed E-state index contributed by atoms with van der Waals surface area (Å²) in [6.07, 6.45) is 22.4. The number of unbranched alkanes of at least 4 members (excludes halogenated alkanes) is 3. The fraction of sp³-hybridized carbons (Fsp3) is 0.323. The summed E-state index contributed by atoms with van der Waals surface area (Å²) < 4.78 is 4.71. The van der Waals surface area contributed by atoms with Crippen LogP contribution < -0.4 is 0 Å². The SMILES string of the molecule is BrCCCCc1ccc2c(c1)CC2.Brc1ccc2c(c1)C(CCCCc1ccc3c(c1)CC3)(CCCCc1ccc3c(c1)CC3)c1cc(Br)ccc1-2.Brc1ccc2c(c1)Cc1cc(Br)ccc1-2. The van der Waals surface area contributed by atoms with Gasteiger partial charge in [0.1, 0.15) is 0 Å². The predicted octanol–water partition coefficient (Wildman–Crippen LogP) is 18.8. The molecular formula is C62H59Br5. The lowest BCUT2D eigenvalue weighted by Crippen LogP contribution is -2.25. The van der Waals surface area contributed by atoms with Gasteiger partial charge in [-0.1, -0.05) is 171 Å². The van der Waals surface area contributed by atoms with Crippen LogP contribution in [0.4, 0.5) is 0 Å². The van der Waals surface area contributed by atoms with Gasteiger partial charge in [-0.3, -0.25) is 0 Å². The maximum Gasteiger partial charge on any atom is 0.0216 e. The molecule has 342 valence electrons. The Morgan fingerprint density at radius 2 is 0.687 bits per heavy atom. The fourth-order valence-electron chi connectivity index (χ4n) is 11.4. The van der Waals surface area contributed by atoms with Gasteiger partial charge in [0.05, 0.1) is 0 Å². The Balaban J connectivity index is 0.000000152. The van der Waals surface area contributed by atoms with Gasteiger partial charge in [-0.25, -0.2) is 0 Å². The molecule has 0 radical (unpaired) electrons. The van der Waals surface area contributed by atoms with Crippen molar-refractivity contribution in [2.75, 3.05) is 5.33 Å². The zero-order valence-electron chi connectivity index (χ0n) is 38.4. The zero-order valence-corrected chi connectivity index (χ0v) is 46.4. The molecule has 0 spiro atoms. The first-order chi connectivity index (χ1) is 32.7. The third kappa shape index (κ3) is 10.7. The van der Waals surface area contributed by atoms with E-state index in [1.807, 2.05) is 0 Å². The Labute approximate surface area is 441 Å². The molecule has 0 saturated heterocycles. The molecule has 0 aromatic heterocycles. The van der Waals surface area contributed by atoms with Crippen molar-refractivity contribution >= 4 is 79.6 Å². The van der Waals surface area contributed by atoms with Crippen molar-refractivity contribution in [1.82, 2.24) is 0 Å². The summed E-state index contributed by atoms with van der Waals surface area (Å²) in [5.74, 6) is 0. The Bertz CT molecular complexity index is 2760. The number of benzene rings is 7. The van der Waals surface area contributed by atoms with E-state index >= 15 is 0 Å². The summed E-state index contributed by atoms with van der Waals surface area (Å²) in [6, 6.07) is 48.4. The zero-order chi connectivity index (χ0) is 45.9. The highest BCUT2D eigenvalue weighted by Crippen LogP contribution is 2.55. The Morgan fingerprint density at radius 3 is 1.04 bits per heavy atom. The molecule has 0 fully saturated rings. The van der Waals surface area contributed by atoms with Gasteiger partial charge in [0, 0.05) is 28.6 Å². The van der Waals surface area contributed by atoms with E-state index in [-0.39, 0.29) is 5.41 Å². The van der Waals surface area contributed by atoms with Gasteiger partial charge < -0.3 is 0 Å². The maximum absolute atomic E-state index is 3.83. The number of rotatable bonds is 14. The summed E-state index contributed by atoms with van der Waals surface area (Å²) in [6.45, 7) is 0. The van der Waals surface area contributed by atoms with Gasteiger partial charge in [-0.2, -0.15) is 0 Å². The maximum atomic E-state index is 3.83. The van der Waals surface area contributed by atoms with Crippen molar-refractivity contribution in [3.63, 3.8) is 0 Å². The van der Waals surface area contributed by atoms with Crippen molar-refractivity contribution in [2.45, 2.75) is 121 Å². The number of fused-ring (bicyclic) bond motifs is 9. The van der Waals surface area contributed by atoms with Crippen molar-refractivity contribution < 1.29 is 0 Å². The molecule has 7 aromatic rings. The largest absolute Gasteiger partial charge is 0.0928 e. The van der Waals surface area contributed by atoms with Crippen LogP contribution in [0.2, 0.25) is 0 Å². The van der Waals surface area contributed by atoms with Gasteiger partial charge in [0.15, 0.2) is 0 Å². The lowest BCUT2D eigenvalue weighted by atomic mass is 9.70. The summed E-state index contributed by atoms with van der Waals surface area (Å²) >= 11 is 18.1. The molecule has 0 N–H and O–H groups in total. The van der Waals surface area contributed by atoms with Gasteiger partial charge in [-0.05, 0) is 246 Å². The molecule has 5 aliphatic rings. The molecular weight excluding hydrogens is 1140 g/mol. The second-order valence-electron chi connectivity index (χ2n) is 19.6. The average molecular weight is 1200 g/mol. The van der Waals surface area contributed by atoms with Crippen LogP contribution in [0, 0.1) is 0 Å². The molecule has 0 aliphatic heterocycles. The van der Waals surface area contributed by atoms with Crippen LogP contribution in [0.3, 0.4) is 0 Å². The number of alkyl halides is 1. The molecule has 5 aliphatic carbocycles. The quantitative estimate of drug-likeness (QED) is 0.0752. The van der Waals surface area contributed by atoms with E-state index in [1.165, 1.54) is 179 Å². The smallest absolute Gasteiger partial charge is 0.0216 e. The average Bonchev–Trinajstić information content (AvgIpc) is 3.77. The lowest BCUT2D eigenvalue weighted by molar-refractivity contribution is 0.407. The van der Waals surface area contributed by atoms with Crippen molar-refractivity contribution in [1.29, 1.82) is 0 Å². The molecule has 67 heavy (non-hydrogen) atoms. The van der Waals surface area contributed by atoms with Gasteiger partial charge in [0.25, 0.3) is 0 Å². The Kier molecular flexibility index (Phi) is 15.3. The van der Waals surface area contributed by atoms with Crippen LogP contribution in [-0.2, 0) is 69.6 Å². The summed E-state index contributed by atoms with van der Waals surface area (Å²) in [5, 5.41) is 1.14. The van der Waals surface area contributed by atoms with Crippen molar-refractivity contribution in [3.8, 4) is 22.3 Å². The highest BCUT2D eigenvalue weighted by molar-refractivity contribution is 9.11. The van der Waals surface area contributed by atoms with Gasteiger partial charge in [0.2, 0.25) is 0 Å². The Hall–Kier alpha value is -3.06. The van der Waals surface area contributed by atoms with Crippen LogP contribution in [0.5, 0.6) is 0 Å². The molecule has 5 heteroatoms. The van der Waals surface area contributed by atoms with Crippen LogP contribution >= 0.6 is 79.6 Å². The van der Waals surface area contributed by atoms with Crippen LogP contribution in [-0.4, -0.2) is 5.33 Å². The summed E-state index contributed by atoms with van der Waals surface area (Å²) in [5.41, 5.74) is 25.7. The number of halogens is 5. The molecule has 0 amide bonds. The molecule has 0 bridgehead atoms. The minimum absolute atomic E-state index is 0.0825. The minimum atomic E-state index is 0.0825. The summed E-state index contributed by atoms with van der Waals surface area (Å²) in [4.78, 5) is 0. The van der Waals surface area contributed by atoms with E-state index in [0.29, 0.717) is 0 Å². The molecule has 0 heterocycles. The number of hydrogen-bond donors (Lipinski definition) is 0. The molecule has 0 nitrogen and oxygen atoms in total. The predicted molar refractivity (Wildman–Crippen MR) is 302 cm³/mol. The van der Waals surface area contributed by atoms with E-state index in [9.17, 15) is 0 Å². The van der Waals surface area contributed by atoms with Crippen molar-refractivity contribution in [2.24, 2.45) is 0 Å². The minimum Gasteiger partial charge on any atom is -0.0928 e. The van der Waals surface area contributed by atoms with E-state index < -0.39 is 0 Å². The third-order valence-electron chi connectivity index (χ3n) is 15.4. The molecule has 0 unspecified atom stereocenters. The van der Waals surface area contributed by atoms with E-state index in [4.69, 9.17) is 0 Å². The summed E-state index contributed by atoms with van der Waals surface area (Å²) in [7, 11) is 0. The standard InChI is InChI=1S/C37H36Br2.C13H8Br2.C12H15Br/c38-31-15-17-33-34-18-16-32(39)24-36(34)37(35(33)23-31,19-3-1-5-25-7-9-27-11-13-29(27)21-25)20-4-2-6-26-8-10-28-12-14-30(28)22-26;14-10-1-3-12-8(6-10)5-9-7-11(15)2-4-13(9)12;13-8-2-1-3-10-4-5-11-6-7-12(11)9-10/h7-10,15-18,21-24H,1-6,11-14,19-20H2;1-4,6-7H,5H2;4-5,9H,1-3,6-8H2. The first-order valence-corrected chi connectivity index (χ1v) is 29.1. The second kappa shape index (κ2) is 21.5. The van der Waals surface area contributed by atoms with Gasteiger partial charge in [-0.15, -0.1) is 0 Å². The highest BCUT2D eigenvalue weighted by Gasteiger charge is 2.42. The first-order valence-electron chi connectivity index (χ1n) is 24.8. The molecule has 0 saturated carbocycles. The number of aryl methyl sites for hydroxylation is 9. The molecule has 7 aromatic carbocycles. The van der Waals surface area contributed by atoms with Crippen LogP contribution in [0.1, 0.15) is 124 Å². The second-order valence-corrected chi connectivity index (χ2v) is 24.1. The number of hydrogen-bond acceptors (Lipinski definition) is 0. The topological polar surface area (TPSA) is 0 Å².